The molecule has 0 unspecified atom stereocenters. The van der Waals surface area contributed by atoms with Crippen LogP contribution in [0.5, 0.6) is 0 Å². The van der Waals surface area contributed by atoms with Crippen molar-refractivity contribution in [3.05, 3.63) is 118 Å². The Labute approximate surface area is 184 Å². The molecule has 0 atom stereocenters. The lowest BCUT2D eigenvalue weighted by atomic mass is 9.94. The molecule has 0 spiro atoms. The van der Waals surface area contributed by atoms with Crippen LogP contribution in [0.4, 0.5) is 0 Å². The Morgan fingerprint density at radius 2 is 0.844 bits per heavy atom. The van der Waals surface area contributed by atoms with Gasteiger partial charge in [-0.3, -0.25) is 0 Å². The number of carboxylic acid groups (broad SMARTS) is 2. The molecule has 4 aromatic rings. The number of benzene rings is 4. The van der Waals surface area contributed by atoms with Gasteiger partial charge in [0, 0.05) is 22.3 Å². The Kier molecular flexibility index (Phi) is 5.70. The van der Waals surface area contributed by atoms with Crippen LogP contribution in [0.2, 0.25) is 0 Å². The van der Waals surface area contributed by atoms with E-state index < -0.39 is 11.9 Å². The van der Waals surface area contributed by atoms with Crippen molar-refractivity contribution >= 4 is 22.7 Å². The largest absolute Gasteiger partial charge is 0.478 e. The molecule has 0 aliphatic carbocycles. The standard InChI is InChI=1S/C28H16O4/c29-27(30)25-17-21(13-11-19-7-3-1-4-8-19)15-23-24(25)16-22(18-26(23)28(31)32)14-12-20-9-5-2-6-10-20/h1-10,15-18H,(H,29,30)(H,31,32). The fourth-order valence-electron chi connectivity index (χ4n) is 3.29. The maximum absolute atomic E-state index is 12.0. The van der Waals surface area contributed by atoms with Gasteiger partial charge in [-0.15, -0.1) is 0 Å². The lowest BCUT2D eigenvalue weighted by molar-refractivity contribution is 0.0686. The monoisotopic (exact) mass is 416 g/mol. The molecule has 0 heterocycles. The van der Waals surface area contributed by atoms with Crippen molar-refractivity contribution in [3.63, 3.8) is 0 Å². The zero-order chi connectivity index (χ0) is 22.5. The Hall–Kier alpha value is -4.80. The highest BCUT2D eigenvalue weighted by molar-refractivity contribution is 6.11. The molecular formula is C28H16O4. The fourth-order valence-corrected chi connectivity index (χ4v) is 3.29. The molecule has 2 N–H and O–H groups in total. The van der Waals surface area contributed by atoms with Crippen molar-refractivity contribution in [2.45, 2.75) is 0 Å². The molecule has 0 saturated carbocycles. The number of aromatic carboxylic acids is 2. The molecule has 0 amide bonds. The Balaban J connectivity index is 1.90. The Morgan fingerprint density at radius 3 is 1.19 bits per heavy atom. The second-order valence-corrected chi connectivity index (χ2v) is 6.99. The van der Waals surface area contributed by atoms with E-state index in [0.717, 1.165) is 11.1 Å². The summed E-state index contributed by atoms with van der Waals surface area (Å²) in [6.45, 7) is 0. The van der Waals surface area contributed by atoms with Crippen LogP contribution in [0.25, 0.3) is 10.8 Å². The minimum Gasteiger partial charge on any atom is -0.478 e. The SMILES string of the molecule is O=C(O)c1cc(C#Cc2ccccc2)cc2c(C(=O)O)cc(C#Cc3ccccc3)cc12. The summed E-state index contributed by atoms with van der Waals surface area (Å²) < 4.78 is 0. The second kappa shape index (κ2) is 8.92. The number of fused-ring (bicyclic) bond motifs is 1. The van der Waals surface area contributed by atoms with Crippen LogP contribution in [0.1, 0.15) is 43.0 Å². The van der Waals surface area contributed by atoms with Gasteiger partial charge < -0.3 is 10.2 Å². The van der Waals surface area contributed by atoms with Crippen LogP contribution in [0.15, 0.2) is 84.9 Å². The molecule has 32 heavy (non-hydrogen) atoms. The minimum absolute atomic E-state index is 0.0225. The number of carboxylic acids is 2. The second-order valence-electron chi connectivity index (χ2n) is 6.99. The van der Waals surface area contributed by atoms with E-state index in [1.54, 1.807) is 12.1 Å². The maximum atomic E-state index is 12.0. The summed E-state index contributed by atoms with van der Waals surface area (Å²) in [6.07, 6.45) is 0. The van der Waals surface area contributed by atoms with Gasteiger partial charge in [0.05, 0.1) is 11.1 Å². The molecule has 4 aromatic carbocycles. The zero-order valence-electron chi connectivity index (χ0n) is 16.8. The number of hydrogen-bond donors (Lipinski definition) is 2. The van der Waals surface area contributed by atoms with Gasteiger partial charge in [-0.25, -0.2) is 9.59 Å². The third-order valence-electron chi connectivity index (χ3n) is 4.78. The van der Waals surface area contributed by atoms with Crippen molar-refractivity contribution in [2.24, 2.45) is 0 Å². The van der Waals surface area contributed by atoms with Crippen molar-refractivity contribution in [2.75, 3.05) is 0 Å². The number of rotatable bonds is 2. The number of carbonyl (C=O) groups is 2. The molecule has 4 rings (SSSR count). The molecule has 0 aliphatic rings. The summed E-state index contributed by atoms with van der Waals surface area (Å²) in [5.41, 5.74) is 2.34. The topological polar surface area (TPSA) is 74.6 Å². The maximum Gasteiger partial charge on any atom is 0.336 e. The molecular weight excluding hydrogens is 400 g/mol. The third kappa shape index (κ3) is 4.51. The van der Waals surface area contributed by atoms with Gasteiger partial charge in [-0.1, -0.05) is 60.1 Å². The third-order valence-corrected chi connectivity index (χ3v) is 4.78. The van der Waals surface area contributed by atoms with Crippen molar-refractivity contribution in [1.29, 1.82) is 0 Å². The van der Waals surface area contributed by atoms with Gasteiger partial charge in [-0.05, 0) is 59.3 Å². The first kappa shape index (κ1) is 20.5. The first-order valence-corrected chi connectivity index (χ1v) is 9.74. The van der Waals surface area contributed by atoms with Gasteiger partial charge in [0.25, 0.3) is 0 Å². The quantitative estimate of drug-likeness (QED) is 0.449. The van der Waals surface area contributed by atoms with Crippen LogP contribution < -0.4 is 0 Å². The molecule has 0 radical (unpaired) electrons. The summed E-state index contributed by atoms with van der Waals surface area (Å²) >= 11 is 0. The van der Waals surface area contributed by atoms with Crippen molar-refractivity contribution < 1.29 is 19.8 Å². The predicted octanol–water partition coefficient (Wildman–Crippen LogP) is 5.04. The first-order chi connectivity index (χ1) is 15.5. The highest BCUT2D eigenvalue weighted by Crippen LogP contribution is 2.27. The smallest absolute Gasteiger partial charge is 0.336 e. The molecule has 152 valence electrons. The molecule has 4 nitrogen and oxygen atoms in total. The van der Waals surface area contributed by atoms with Gasteiger partial charge in [0.15, 0.2) is 0 Å². The van der Waals surface area contributed by atoms with Crippen LogP contribution >= 0.6 is 0 Å². The summed E-state index contributed by atoms with van der Waals surface area (Å²) in [4.78, 5) is 24.0. The van der Waals surface area contributed by atoms with Gasteiger partial charge in [0.1, 0.15) is 0 Å². The van der Waals surface area contributed by atoms with Gasteiger partial charge in [-0.2, -0.15) is 0 Å². The summed E-state index contributed by atoms with van der Waals surface area (Å²) in [7, 11) is 0. The zero-order valence-corrected chi connectivity index (χ0v) is 16.8. The Morgan fingerprint density at radius 1 is 0.500 bits per heavy atom. The van der Waals surface area contributed by atoms with E-state index in [9.17, 15) is 19.8 Å². The molecule has 0 aromatic heterocycles. The van der Waals surface area contributed by atoms with Gasteiger partial charge in [0.2, 0.25) is 0 Å². The molecule has 4 heteroatoms. The molecule has 0 fully saturated rings. The molecule has 0 saturated heterocycles. The first-order valence-electron chi connectivity index (χ1n) is 9.74. The normalized spacial score (nSPS) is 9.88. The van der Waals surface area contributed by atoms with E-state index in [-0.39, 0.29) is 11.1 Å². The lowest BCUT2D eigenvalue weighted by Gasteiger charge is -2.09. The van der Waals surface area contributed by atoms with Crippen LogP contribution in [0, 0.1) is 23.7 Å². The van der Waals surface area contributed by atoms with E-state index in [2.05, 4.69) is 23.7 Å². The predicted molar refractivity (Wildman–Crippen MR) is 123 cm³/mol. The average Bonchev–Trinajstić information content (AvgIpc) is 2.81. The summed E-state index contributed by atoms with van der Waals surface area (Å²) in [5.74, 6) is 9.51. The van der Waals surface area contributed by atoms with Crippen molar-refractivity contribution in [3.8, 4) is 23.7 Å². The van der Waals surface area contributed by atoms with Crippen LogP contribution in [-0.4, -0.2) is 22.2 Å². The minimum atomic E-state index is -1.16. The molecule has 0 bridgehead atoms. The highest BCUT2D eigenvalue weighted by Gasteiger charge is 2.17. The fraction of sp³-hybridized carbons (Fsp3) is 0. The van der Waals surface area contributed by atoms with E-state index in [1.807, 2.05) is 60.7 Å². The lowest BCUT2D eigenvalue weighted by Crippen LogP contribution is -2.04. The highest BCUT2D eigenvalue weighted by atomic mass is 16.4. The average molecular weight is 416 g/mol. The van der Waals surface area contributed by atoms with Crippen LogP contribution in [0.3, 0.4) is 0 Å². The Bertz CT molecular complexity index is 1350. The molecule has 0 aliphatic heterocycles. The number of hydrogen-bond acceptors (Lipinski definition) is 2. The van der Waals surface area contributed by atoms with E-state index in [0.29, 0.717) is 21.9 Å². The van der Waals surface area contributed by atoms with E-state index in [1.165, 1.54) is 12.1 Å². The van der Waals surface area contributed by atoms with Crippen molar-refractivity contribution in [1.82, 2.24) is 0 Å². The summed E-state index contributed by atoms with van der Waals surface area (Å²) in [5, 5.41) is 20.2. The van der Waals surface area contributed by atoms with E-state index >= 15 is 0 Å². The van der Waals surface area contributed by atoms with Crippen LogP contribution in [-0.2, 0) is 0 Å². The summed E-state index contributed by atoms with van der Waals surface area (Å²) in [6, 6.07) is 24.7. The van der Waals surface area contributed by atoms with E-state index in [4.69, 9.17) is 0 Å². The van der Waals surface area contributed by atoms with Gasteiger partial charge >= 0.3 is 11.9 Å².